The number of hydrogen-bond acceptors (Lipinski definition) is 4. The molecule has 0 aliphatic heterocycles. The van der Waals surface area contributed by atoms with Crippen LogP contribution in [0.4, 0.5) is 0 Å². The summed E-state index contributed by atoms with van der Waals surface area (Å²) in [5, 5.41) is 10.7. The standard InChI is InChI=1S/C27H19N3OS/c31-27-26-23(21-10-9-18-5-1-2-7-20(18)15-21)17-32-25(26)16-28-30(27)14-13-22-12-11-19-6-3-4-8-24(19)29-22/h1-12,15-17H,13-14H2. The second-order valence-corrected chi connectivity index (χ2v) is 8.78. The van der Waals surface area contributed by atoms with Crippen molar-refractivity contribution < 1.29 is 0 Å². The van der Waals surface area contributed by atoms with E-state index in [-0.39, 0.29) is 5.56 Å². The van der Waals surface area contributed by atoms with Gasteiger partial charge in [0.15, 0.2) is 0 Å². The Labute approximate surface area is 188 Å². The molecule has 0 bridgehead atoms. The van der Waals surface area contributed by atoms with Crippen LogP contribution in [0.2, 0.25) is 0 Å². The third-order valence-electron chi connectivity index (χ3n) is 5.88. The highest BCUT2D eigenvalue weighted by molar-refractivity contribution is 7.17. The quantitative estimate of drug-likeness (QED) is 0.339. The Kier molecular flexibility index (Phi) is 4.55. The Bertz CT molecular complexity index is 1670. The lowest BCUT2D eigenvalue weighted by atomic mass is 10.0. The molecule has 3 heterocycles. The molecule has 0 amide bonds. The van der Waals surface area contributed by atoms with Gasteiger partial charge in [0, 0.05) is 28.4 Å². The molecule has 4 nitrogen and oxygen atoms in total. The van der Waals surface area contributed by atoms with Gasteiger partial charge in [-0.05, 0) is 34.5 Å². The Morgan fingerprint density at radius 3 is 2.53 bits per heavy atom. The minimum atomic E-state index is -0.0484. The Morgan fingerprint density at radius 1 is 0.844 bits per heavy atom. The molecule has 0 aliphatic carbocycles. The molecule has 6 aromatic rings. The molecule has 6 rings (SSSR count). The molecule has 3 aromatic heterocycles. The minimum Gasteiger partial charge on any atom is -0.267 e. The van der Waals surface area contributed by atoms with Gasteiger partial charge in [-0.3, -0.25) is 9.78 Å². The van der Waals surface area contributed by atoms with Gasteiger partial charge in [-0.25, -0.2) is 4.68 Å². The molecule has 0 atom stereocenters. The van der Waals surface area contributed by atoms with E-state index >= 15 is 0 Å². The van der Waals surface area contributed by atoms with Gasteiger partial charge in [0.2, 0.25) is 0 Å². The predicted molar refractivity (Wildman–Crippen MR) is 132 cm³/mol. The smallest absolute Gasteiger partial charge is 0.267 e. The summed E-state index contributed by atoms with van der Waals surface area (Å²) in [5.74, 6) is 0. The highest BCUT2D eigenvalue weighted by Crippen LogP contribution is 2.33. The zero-order chi connectivity index (χ0) is 21.5. The van der Waals surface area contributed by atoms with Gasteiger partial charge in [0.25, 0.3) is 5.56 Å². The van der Waals surface area contributed by atoms with Crippen LogP contribution in [0, 0.1) is 0 Å². The van der Waals surface area contributed by atoms with Crippen LogP contribution in [0.25, 0.3) is 42.9 Å². The second-order valence-electron chi connectivity index (χ2n) is 7.87. The van der Waals surface area contributed by atoms with Crippen molar-refractivity contribution in [2.45, 2.75) is 13.0 Å². The number of rotatable bonds is 4. The lowest BCUT2D eigenvalue weighted by molar-refractivity contribution is 0.580. The molecule has 5 heteroatoms. The lowest BCUT2D eigenvalue weighted by Gasteiger charge is -2.07. The first-order chi connectivity index (χ1) is 15.8. The lowest BCUT2D eigenvalue weighted by Crippen LogP contribution is -2.23. The highest BCUT2D eigenvalue weighted by Gasteiger charge is 2.13. The van der Waals surface area contributed by atoms with Crippen molar-refractivity contribution in [2.75, 3.05) is 0 Å². The molecule has 0 N–H and O–H groups in total. The van der Waals surface area contributed by atoms with Gasteiger partial charge < -0.3 is 0 Å². The van der Waals surface area contributed by atoms with E-state index in [9.17, 15) is 4.79 Å². The number of aryl methyl sites for hydroxylation is 2. The van der Waals surface area contributed by atoms with Crippen LogP contribution in [0.3, 0.4) is 0 Å². The summed E-state index contributed by atoms with van der Waals surface area (Å²) in [7, 11) is 0. The van der Waals surface area contributed by atoms with Gasteiger partial charge in [0.1, 0.15) is 0 Å². The average molecular weight is 434 g/mol. The van der Waals surface area contributed by atoms with Gasteiger partial charge in [-0.1, -0.05) is 60.7 Å². The summed E-state index contributed by atoms with van der Waals surface area (Å²) in [6.45, 7) is 0.493. The fourth-order valence-corrected chi connectivity index (χ4v) is 5.11. The molecule has 0 saturated carbocycles. The fraction of sp³-hybridized carbons (Fsp3) is 0.0741. The molecule has 0 radical (unpaired) electrons. The molecule has 154 valence electrons. The van der Waals surface area contributed by atoms with E-state index in [4.69, 9.17) is 4.98 Å². The van der Waals surface area contributed by atoms with Gasteiger partial charge in [-0.2, -0.15) is 5.10 Å². The topological polar surface area (TPSA) is 47.8 Å². The number of thiophene rings is 1. The summed E-state index contributed by atoms with van der Waals surface area (Å²) < 4.78 is 2.48. The van der Waals surface area contributed by atoms with E-state index in [1.54, 1.807) is 22.2 Å². The first kappa shape index (κ1) is 18.9. The SMILES string of the molecule is O=c1c2c(-c3ccc4ccccc4c3)csc2cnn1CCc1ccc2ccccc2n1. The van der Waals surface area contributed by atoms with Crippen LogP contribution in [0.1, 0.15) is 5.69 Å². The van der Waals surface area contributed by atoms with Crippen molar-refractivity contribution >= 4 is 43.1 Å². The summed E-state index contributed by atoms with van der Waals surface area (Å²) in [6, 6.07) is 26.8. The number of para-hydroxylation sites is 1. The number of aromatic nitrogens is 3. The maximum atomic E-state index is 13.4. The van der Waals surface area contributed by atoms with Crippen LogP contribution >= 0.6 is 11.3 Å². The maximum Gasteiger partial charge on any atom is 0.276 e. The molecule has 0 fully saturated rings. The van der Waals surface area contributed by atoms with Crippen molar-refractivity contribution in [2.24, 2.45) is 0 Å². The first-order valence-corrected chi connectivity index (χ1v) is 11.5. The monoisotopic (exact) mass is 433 g/mol. The maximum absolute atomic E-state index is 13.4. The Morgan fingerprint density at radius 2 is 1.62 bits per heavy atom. The number of hydrogen-bond donors (Lipinski definition) is 0. The molecule has 0 unspecified atom stereocenters. The molecule has 3 aromatic carbocycles. The summed E-state index contributed by atoms with van der Waals surface area (Å²) in [6.07, 6.45) is 2.46. The van der Waals surface area contributed by atoms with E-state index in [2.05, 4.69) is 52.9 Å². The Hall–Kier alpha value is -3.83. The van der Waals surface area contributed by atoms with E-state index in [0.29, 0.717) is 13.0 Å². The third kappa shape index (κ3) is 3.27. The van der Waals surface area contributed by atoms with E-state index < -0.39 is 0 Å². The first-order valence-electron chi connectivity index (χ1n) is 10.6. The van der Waals surface area contributed by atoms with E-state index in [1.807, 2.05) is 36.4 Å². The second kappa shape index (κ2) is 7.70. The number of benzene rings is 3. The zero-order valence-electron chi connectivity index (χ0n) is 17.2. The number of pyridine rings is 1. The number of fused-ring (bicyclic) bond motifs is 3. The average Bonchev–Trinajstić information content (AvgIpc) is 3.28. The van der Waals surface area contributed by atoms with Crippen LogP contribution in [0.15, 0.2) is 95.2 Å². The highest BCUT2D eigenvalue weighted by atomic mass is 32.1. The summed E-state index contributed by atoms with van der Waals surface area (Å²) >= 11 is 1.56. The van der Waals surface area contributed by atoms with Gasteiger partial charge in [0.05, 0.1) is 28.3 Å². The van der Waals surface area contributed by atoms with Crippen LogP contribution < -0.4 is 5.56 Å². The van der Waals surface area contributed by atoms with Crippen LogP contribution in [-0.2, 0) is 13.0 Å². The van der Waals surface area contributed by atoms with Crippen molar-refractivity contribution in [3.63, 3.8) is 0 Å². The third-order valence-corrected chi connectivity index (χ3v) is 6.80. The number of nitrogens with zero attached hydrogens (tertiary/aromatic N) is 3. The van der Waals surface area contributed by atoms with Crippen molar-refractivity contribution in [3.8, 4) is 11.1 Å². The molecule has 0 saturated heterocycles. The van der Waals surface area contributed by atoms with Gasteiger partial charge in [-0.15, -0.1) is 11.3 Å². The molecular weight excluding hydrogens is 414 g/mol. The summed E-state index contributed by atoms with van der Waals surface area (Å²) in [4.78, 5) is 18.1. The van der Waals surface area contributed by atoms with E-state index in [1.165, 1.54) is 10.8 Å². The molecule has 32 heavy (non-hydrogen) atoms. The van der Waals surface area contributed by atoms with Crippen molar-refractivity contribution in [1.82, 2.24) is 14.8 Å². The molecule has 0 aliphatic rings. The minimum absolute atomic E-state index is 0.0484. The fourth-order valence-electron chi connectivity index (χ4n) is 4.19. The largest absolute Gasteiger partial charge is 0.276 e. The van der Waals surface area contributed by atoms with Crippen LogP contribution in [0.5, 0.6) is 0 Å². The molecular formula is C27H19N3OS. The zero-order valence-corrected chi connectivity index (χ0v) is 18.0. The van der Waals surface area contributed by atoms with Gasteiger partial charge >= 0.3 is 0 Å². The van der Waals surface area contributed by atoms with Crippen molar-refractivity contribution in [1.29, 1.82) is 0 Å². The Balaban J connectivity index is 1.36. The van der Waals surface area contributed by atoms with Crippen LogP contribution in [-0.4, -0.2) is 14.8 Å². The normalized spacial score (nSPS) is 11.5. The molecule has 0 spiro atoms. The predicted octanol–water partition coefficient (Wildman–Crippen LogP) is 6.07. The van der Waals surface area contributed by atoms with Crippen molar-refractivity contribution in [3.05, 3.63) is 106 Å². The van der Waals surface area contributed by atoms with E-state index in [0.717, 1.165) is 37.8 Å². The summed E-state index contributed by atoms with van der Waals surface area (Å²) in [5.41, 5.74) is 3.91.